The number of pyridine rings is 1. The fourth-order valence-electron chi connectivity index (χ4n) is 2.42. The van der Waals surface area contributed by atoms with E-state index in [9.17, 15) is 26.2 Å². The van der Waals surface area contributed by atoms with Crippen molar-refractivity contribution in [3.63, 3.8) is 0 Å². The van der Waals surface area contributed by atoms with Gasteiger partial charge in [-0.3, -0.25) is 4.79 Å². The number of benzene rings is 1. The van der Waals surface area contributed by atoms with Gasteiger partial charge in [0.2, 0.25) is 0 Å². The van der Waals surface area contributed by atoms with Gasteiger partial charge in [-0.2, -0.15) is 13.2 Å². The van der Waals surface area contributed by atoms with E-state index in [1.807, 2.05) is 0 Å². The van der Waals surface area contributed by atoms with Gasteiger partial charge >= 0.3 is 6.18 Å². The first kappa shape index (κ1) is 19.0. The Labute approximate surface area is 152 Å². The van der Waals surface area contributed by atoms with Gasteiger partial charge < -0.3 is 15.0 Å². The highest BCUT2D eigenvalue weighted by atomic mass is 32.2. The van der Waals surface area contributed by atoms with Crippen LogP contribution in [0.4, 0.5) is 27.1 Å². The van der Waals surface area contributed by atoms with E-state index in [0.29, 0.717) is 0 Å². The zero-order valence-corrected chi connectivity index (χ0v) is 14.2. The molecule has 0 aliphatic heterocycles. The first-order valence-electron chi connectivity index (χ1n) is 7.34. The molecule has 0 aliphatic rings. The van der Waals surface area contributed by atoms with E-state index in [2.05, 4.69) is 9.72 Å². The Morgan fingerprint density at radius 2 is 2.04 bits per heavy atom. The maximum atomic E-state index is 13.8. The highest BCUT2D eigenvalue weighted by Gasteiger charge is 2.29. The van der Waals surface area contributed by atoms with Crippen molar-refractivity contribution in [2.75, 3.05) is 12.3 Å². The molecule has 144 valence electrons. The fourth-order valence-corrected chi connectivity index (χ4v) is 2.81. The third-order valence-corrected chi connectivity index (χ3v) is 4.08. The minimum absolute atomic E-state index is 0.0479. The van der Waals surface area contributed by atoms with Crippen LogP contribution in [0.1, 0.15) is 5.82 Å². The van der Waals surface area contributed by atoms with E-state index in [1.54, 1.807) is 0 Å². The second-order valence-corrected chi connectivity index (χ2v) is 5.97. The number of anilines is 1. The lowest BCUT2D eigenvalue weighted by atomic mass is 10.3. The smallest absolute Gasteiger partial charge is 0.422 e. The molecule has 0 fully saturated rings. The summed E-state index contributed by atoms with van der Waals surface area (Å²) in [6.45, 7) is -1.90. The van der Waals surface area contributed by atoms with E-state index in [0.717, 1.165) is 20.7 Å². The summed E-state index contributed by atoms with van der Waals surface area (Å²) in [5.41, 5.74) is 4.62. The Kier molecular flexibility index (Phi) is 5.00. The van der Waals surface area contributed by atoms with Crippen LogP contribution in [0.3, 0.4) is 0 Å². The van der Waals surface area contributed by atoms with Crippen molar-refractivity contribution in [2.45, 2.75) is 12.7 Å². The number of nitrogens with two attached hydrogens (primary N) is 1. The summed E-state index contributed by atoms with van der Waals surface area (Å²) < 4.78 is 71.0. The average Bonchev–Trinajstić information content (AvgIpc) is 2.93. The minimum atomic E-state index is -4.65. The van der Waals surface area contributed by atoms with Gasteiger partial charge in [-0.1, -0.05) is 0 Å². The van der Waals surface area contributed by atoms with Crippen molar-refractivity contribution >= 4 is 29.1 Å². The van der Waals surface area contributed by atoms with Gasteiger partial charge in [0.05, 0.1) is 17.7 Å². The summed E-state index contributed by atoms with van der Waals surface area (Å²) in [4.78, 5) is 16.0. The van der Waals surface area contributed by atoms with Crippen molar-refractivity contribution in [1.82, 2.24) is 13.5 Å². The Balaban J connectivity index is 2.09. The molecule has 0 aliphatic carbocycles. The van der Waals surface area contributed by atoms with Gasteiger partial charge in [0.1, 0.15) is 17.2 Å². The molecule has 2 aromatic heterocycles. The summed E-state index contributed by atoms with van der Waals surface area (Å²) >= 11 is -0.335. The number of halogens is 5. The van der Waals surface area contributed by atoms with Gasteiger partial charge in [0.25, 0.3) is 5.56 Å². The van der Waals surface area contributed by atoms with Gasteiger partial charge in [0, 0.05) is 18.3 Å². The molecule has 3 rings (SSSR count). The lowest BCUT2D eigenvalue weighted by Gasteiger charge is -2.09. The number of fused-ring (bicyclic) bond motifs is 1. The number of aromatic nitrogens is 3. The largest absolute Gasteiger partial charge is 0.482 e. The van der Waals surface area contributed by atoms with Crippen LogP contribution in [0.2, 0.25) is 0 Å². The molecule has 0 spiro atoms. The second kappa shape index (κ2) is 7.10. The van der Waals surface area contributed by atoms with E-state index in [1.165, 1.54) is 18.3 Å². The van der Waals surface area contributed by atoms with Crippen LogP contribution >= 0.6 is 12.3 Å². The van der Waals surface area contributed by atoms with E-state index >= 15 is 0 Å². The molecule has 0 saturated carbocycles. The number of nitrogens with zero attached hydrogens (tertiary/aromatic N) is 3. The molecule has 3 aromatic rings. The zero-order chi connectivity index (χ0) is 19.8. The van der Waals surface area contributed by atoms with Crippen LogP contribution < -0.4 is 16.0 Å². The molecule has 0 atom stereocenters. The lowest BCUT2D eigenvalue weighted by molar-refractivity contribution is -0.153. The third kappa shape index (κ3) is 3.99. The zero-order valence-electron chi connectivity index (χ0n) is 13.3. The predicted octanol–water partition coefficient (Wildman–Crippen LogP) is 3.29. The first-order chi connectivity index (χ1) is 12.7. The maximum absolute atomic E-state index is 13.8. The molecule has 0 saturated heterocycles. The lowest BCUT2D eigenvalue weighted by Crippen LogP contribution is -2.23. The van der Waals surface area contributed by atoms with Crippen LogP contribution in [0.25, 0.3) is 11.0 Å². The molecule has 27 heavy (non-hydrogen) atoms. The topological polar surface area (TPSA) is 75.1 Å². The Morgan fingerprint density at radius 3 is 2.70 bits per heavy atom. The van der Waals surface area contributed by atoms with Crippen LogP contribution in [0.15, 0.2) is 35.3 Å². The van der Waals surface area contributed by atoms with Crippen LogP contribution in [-0.2, 0) is 6.54 Å². The highest BCUT2D eigenvalue weighted by Crippen LogP contribution is 2.32. The van der Waals surface area contributed by atoms with Crippen molar-refractivity contribution in [3.05, 3.63) is 52.5 Å². The van der Waals surface area contributed by atoms with Crippen molar-refractivity contribution in [2.24, 2.45) is 0 Å². The Bertz CT molecular complexity index is 1050. The SMILES string of the molecule is Nc1cccn(Cc2nc3c(OCC(F)(F)F)cc(F)cc3n2SF)c1=O. The second-order valence-electron chi connectivity index (χ2n) is 5.46. The van der Waals surface area contributed by atoms with Gasteiger partial charge in [-0.25, -0.2) is 13.3 Å². The van der Waals surface area contributed by atoms with Crippen LogP contribution in [0, 0.1) is 5.82 Å². The fraction of sp³-hybridized carbons (Fsp3) is 0.200. The summed E-state index contributed by atoms with van der Waals surface area (Å²) in [7, 11) is 0. The van der Waals surface area contributed by atoms with Crippen molar-refractivity contribution < 1.29 is 26.2 Å². The maximum Gasteiger partial charge on any atom is 0.422 e. The molecule has 2 heterocycles. The Hall–Kier alpha value is -2.76. The summed E-state index contributed by atoms with van der Waals surface area (Å²) in [6.07, 6.45) is -3.26. The standard InChI is InChI=1S/C15H11F5N4O2S/c16-8-4-10-13(11(5-8)26-7-15(17,18)19)22-12(24(10)27-20)6-23-3-1-2-9(21)14(23)25/h1-5H,6-7,21H2. The number of rotatable bonds is 5. The van der Waals surface area contributed by atoms with Gasteiger partial charge in [-0.15, -0.1) is 3.89 Å². The predicted molar refractivity (Wildman–Crippen MR) is 89.6 cm³/mol. The van der Waals surface area contributed by atoms with E-state index in [-0.39, 0.29) is 41.4 Å². The summed E-state index contributed by atoms with van der Waals surface area (Å²) in [5.74, 6) is -1.47. The molecule has 0 radical (unpaired) electrons. The number of alkyl halides is 3. The van der Waals surface area contributed by atoms with Gasteiger partial charge in [-0.05, 0) is 12.1 Å². The quantitative estimate of drug-likeness (QED) is 0.659. The number of ether oxygens (including phenoxy) is 1. The molecule has 6 nitrogen and oxygen atoms in total. The first-order valence-corrected chi connectivity index (χ1v) is 8.01. The van der Waals surface area contributed by atoms with Crippen LogP contribution in [-0.4, -0.2) is 26.3 Å². The molecular formula is C15H11F5N4O2S. The van der Waals surface area contributed by atoms with E-state index < -0.39 is 29.9 Å². The molecule has 0 amide bonds. The molecular weight excluding hydrogens is 395 g/mol. The Morgan fingerprint density at radius 1 is 1.30 bits per heavy atom. The number of nitrogen functional groups attached to an aromatic ring is 1. The third-order valence-electron chi connectivity index (χ3n) is 3.54. The number of hydrogen-bond donors (Lipinski definition) is 1. The molecule has 12 heteroatoms. The van der Waals surface area contributed by atoms with Crippen LogP contribution in [0.5, 0.6) is 5.75 Å². The minimum Gasteiger partial charge on any atom is -0.482 e. The molecule has 0 unspecified atom stereocenters. The van der Waals surface area contributed by atoms with E-state index in [4.69, 9.17) is 5.73 Å². The average molecular weight is 406 g/mol. The monoisotopic (exact) mass is 406 g/mol. The summed E-state index contributed by atoms with van der Waals surface area (Å²) in [5, 5.41) is 0. The molecule has 0 bridgehead atoms. The molecule has 1 aromatic carbocycles. The highest BCUT2D eigenvalue weighted by molar-refractivity contribution is 7.92. The van der Waals surface area contributed by atoms with Gasteiger partial charge in [0.15, 0.2) is 24.7 Å². The number of hydrogen-bond acceptors (Lipinski definition) is 5. The summed E-state index contributed by atoms with van der Waals surface area (Å²) in [6, 6.07) is 4.50. The van der Waals surface area contributed by atoms with Crippen molar-refractivity contribution in [1.29, 1.82) is 0 Å². The molecule has 2 N–H and O–H groups in total. The number of imidazole rings is 1. The normalized spacial score (nSPS) is 11.9. The van der Waals surface area contributed by atoms with Crippen molar-refractivity contribution in [3.8, 4) is 5.75 Å².